The molecule has 0 heterocycles. The summed E-state index contributed by atoms with van der Waals surface area (Å²) in [6.45, 7) is 3.09. The van der Waals surface area contributed by atoms with Crippen molar-refractivity contribution in [2.24, 2.45) is 23.2 Å². The first kappa shape index (κ1) is 15.8. The van der Waals surface area contributed by atoms with Gasteiger partial charge in [-0.15, -0.1) is 0 Å². The third-order valence-electron chi connectivity index (χ3n) is 6.03. The van der Waals surface area contributed by atoms with Crippen LogP contribution in [0.15, 0.2) is 0 Å². The van der Waals surface area contributed by atoms with E-state index in [2.05, 4.69) is 10.6 Å². The van der Waals surface area contributed by atoms with Crippen molar-refractivity contribution >= 4 is 11.8 Å². The number of unbranched alkanes of at least 4 members (excludes halogenated alkanes) is 2. The highest BCUT2D eigenvalue weighted by Crippen LogP contribution is 2.60. The van der Waals surface area contributed by atoms with Gasteiger partial charge in [0.05, 0.1) is 0 Å². The standard InChI is InChI=1S/C18H30N2O2/c1-13(21)19-5-3-2-4-6-20-17(22)18-10-14-7-15(11-18)9-16(8-14)12-18/h14-16H,2-12H2,1H3,(H,19,21)(H,20,22). The van der Waals surface area contributed by atoms with Gasteiger partial charge in [-0.3, -0.25) is 9.59 Å². The fourth-order valence-electron chi connectivity index (χ4n) is 5.47. The van der Waals surface area contributed by atoms with E-state index in [1.807, 2.05) is 0 Å². The summed E-state index contributed by atoms with van der Waals surface area (Å²) in [6.07, 6.45) is 10.7. The summed E-state index contributed by atoms with van der Waals surface area (Å²) < 4.78 is 0. The summed E-state index contributed by atoms with van der Waals surface area (Å²) >= 11 is 0. The van der Waals surface area contributed by atoms with Gasteiger partial charge >= 0.3 is 0 Å². The number of rotatable bonds is 7. The highest BCUT2D eigenvalue weighted by Gasteiger charge is 2.54. The summed E-state index contributed by atoms with van der Waals surface area (Å²) in [6, 6.07) is 0. The van der Waals surface area contributed by atoms with Crippen LogP contribution in [0.4, 0.5) is 0 Å². The van der Waals surface area contributed by atoms with Crippen LogP contribution in [0.25, 0.3) is 0 Å². The molecular weight excluding hydrogens is 276 g/mol. The van der Waals surface area contributed by atoms with E-state index in [4.69, 9.17) is 0 Å². The van der Waals surface area contributed by atoms with Crippen molar-refractivity contribution in [2.45, 2.75) is 64.7 Å². The molecule has 0 saturated heterocycles. The van der Waals surface area contributed by atoms with Crippen LogP contribution in [0.5, 0.6) is 0 Å². The van der Waals surface area contributed by atoms with Gasteiger partial charge in [0.1, 0.15) is 0 Å². The zero-order chi connectivity index (χ0) is 15.6. The van der Waals surface area contributed by atoms with E-state index in [-0.39, 0.29) is 11.3 Å². The van der Waals surface area contributed by atoms with Crippen LogP contribution in [-0.2, 0) is 9.59 Å². The normalized spacial score (nSPS) is 35.4. The quantitative estimate of drug-likeness (QED) is 0.710. The average molecular weight is 306 g/mol. The maximum atomic E-state index is 12.7. The molecule has 0 radical (unpaired) electrons. The first-order valence-electron chi connectivity index (χ1n) is 9.10. The Morgan fingerprint density at radius 1 is 0.864 bits per heavy atom. The first-order valence-corrected chi connectivity index (χ1v) is 9.10. The largest absolute Gasteiger partial charge is 0.356 e. The van der Waals surface area contributed by atoms with Crippen LogP contribution >= 0.6 is 0 Å². The lowest BCUT2D eigenvalue weighted by Crippen LogP contribution is -2.53. The van der Waals surface area contributed by atoms with Crippen molar-refractivity contribution in [1.29, 1.82) is 0 Å². The molecule has 4 bridgehead atoms. The SMILES string of the molecule is CC(=O)NCCCCCNC(=O)C12CC3CC(CC(C3)C1)C2. The second-order valence-corrected chi connectivity index (χ2v) is 8.00. The lowest BCUT2D eigenvalue weighted by atomic mass is 9.49. The van der Waals surface area contributed by atoms with Gasteiger partial charge in [0, 0.05) is 25.4 Å². The molecule has 4 rings (SSSR count). The molecule has 0 aromatic rings. The van der Waals surface area contributed by atoms with Gasteiger partial charge in [-0.2, -0.15) is 0 Å². The Balaban J connectivity index is 1.37. The molecule has 0 unspecified atom stereocenters. The summed E-state index contributed by atoms with van der Waals surface area (Å²) in [7, 11) is 0. The molecule has 4 aliphatic rings. The van der Waals surface area contributed by atoms with Gasteiger partial charge in [0.2, 0.25) is 11.8 Å². The van der Waals surface area contributed by atoms with Crippen LogP contribution < -0.4 is 10.6 Å². The Hall–Kier alpha value is -1.06. The minimum atomic E-state index is -0.00899. The zero-order valence-electron chi connectivity index (χ0n) is 13.8. The van der Waals surface area contributed by atoms with E-state index < -0.39 is 0 Å². The Morgan fingerprint density at radius 2 is 1.36 bits per heavy atom. The van der Waals surface area contributed by atoms with Crippen LogP contribution in [0.2, 0.25) is 0 Å². The van der Waals surface area contributed by atoms with E-state index >= 15 is 0 Å². The Bertz CT molecular complexity index is 398. The fraction of sp³-hybridized carbons (Fsp3) is 0.889. The van der Waals surface area contributed by atoms with Crippen molar-refractivity contribution in [3.05, 3.63) is 0 Å². The Morgan fingerprint density at radius 3 is 1.86 bits per heavy atom. The van der Waals surface area contributed by atoms with Gasteiger partial charge in [-0.1, -0.05) is 0 Å². The molecule has 22 heavy (non-hydrogen) atoms. The van der Waals surface area contributed by atoms with Crippen molar-refractivity contribution in [3.63, 3.8) is 0 Å². The predicted molar refractivity (Wildman–Crippen MR) is 86.1 cm³/mol. The van der Waals surface area contributed by atoms with E-state index in [1.54, 1.807) is 6.92 Å². The highest BCUT2D eigenvalue weighted by molar-refractivity contribution is 5.83. The second kappa shape index (κ2) is 6.59. The topological polar surface area (TPSA) is 58.2 Å². The lowest BCUT2D eigenvalue weighted by molar-refractivity contribution is -0.146. The van der Waals surface area contributed by atoms with Crippen LogP contribution in [0.3, 0.4) is 0 Å². The van der Waals surface area contributed by atoms with Crippen LogP contribution in [-0.4, -0.2) is 24.9 Å². The number of hydrogen-bond acceptors (Lipinski definition) is 2. The number of amides is 2. The molecule has 0 aliphatic heterocycles. The molecule has 0 atom stereocenters. The molecule has 0 aromatic carbocycles. The third-order valence-corrected chi connectivity index (χ3v) is 6.03. The monoisotopic (exact) mass is 306 g/mol. The summed E-state index contributed by atoms with van der Waals surface area (Å²) in [5.41, 5.74) is -0.00899. The molecule has 4 aliphatic carbocycles. The van der Waals surface area contributed by atoms with E-state index in [0.717, 1.165) is 69.4 Å². The minimum Gasteiger partial charge on any atom is -0.356 e. The van der Waals surface area contributed by atoms with Crippen molar-refractivity contribution in [3.8, 4) is 0 Å². The van der Waals surface area contributed by atoms with Gasteiger partial charge in [-0.05, 0) is 75.5 Å². The fourth-order valence-corrected chi connectivity index (χ4v) is 5.47. The van der Waals surface area contributed by atoms with Gasteiger partial charge in [0.25, 0.3) is 0 Å². The summed E-state index contributed by atoms with van der Waals surface area (Å²) in [5.74, 6) is 2.86. The van der Waals surface area contributed by atoms with Gasteiger partial charge < -0.3 is 10.6 Å². The van der Waals surface area contributed by atoms with Gasteiger partial charge in [-0.25, -0.2) is 0 Å². The first-order chi connectivity index (χ1) is 10.6. The number of nitrogens with one attached hydrogen (secondary N) is 2. The zero-order valence-corrected chi connectivity index (χ0v) is 13.8. The van der Waals surface area contributed by atoms with Crippen molar-refractivity contribution in [1.82, 2.24) is 10.6 Å². The number of carbonyl (C=O) groups is 2. The number of carbonyl (C=O) groups excluding carboxylic acids is 2. The van der Waals surface area contributed by atoms with E-state index in [9.17, 15) is 9.59 Å². The smallest absolute Gasteiger partial charge is 0.226 e. The average Bonchev–Trinajstić information content (AvgIpc) is 2.44. The van der Waals surface area contributed by atoms with Gasteiger partial charge in [0.15, 0.2) is 0 Å². The second-order valence-electron chi connectivity index (χ2n) is 8.00. The summed E-state index contributed by atoms with van der Waals surface area (Å²) in [4.78, 5) is 23.5. The van der Waals surface area contributed by atoms with E-state index in [1.165, 1.54) is 19.3 Å². The molecule has 124 valence electrons. The summed E-state index contributed by atoms with van der Waals surface area (Å²) in [5, 5.41) is 6.02. The van der Waals surface area contributed by atoms with Crippen LogP contribution in [0.1, 0.15) is 64.7 Å². The predicted octanol–water partition coefficient (Wildman–Crippen LogP) is 2.63. The third kappa shape index (κ3) is 3.47. The van der Waals surface area contributed by atoms with Crippen LogP contribution in [0, 0.1) is 23.2 Å². The molecular formula is C18H30N2O2. The van der Waals surface area contributed by atoms with Crippen molar-refractivity contribution < 1.29 is 9.59 Å². The molecule has 4 heteroatoms. The number of hydrogen-bond donors (Lipinski definition) is 2. The minimum absolute atomic E-state index is 0.00899. The molecule has 2 N–H and O–H groups in total. The maximum Gasteiger partial charge on any atom is 0.226 e. The van der Waals surface area contributed by atoms with Crippen molar-refractivity contribution in [2.75, 3.05) is 13.1 Å². The molecule has 4 nitrogen and oxygen atoms in total. The molecule has 0 spiro atoms. The molecule has 0 aromatic heterocycles. The maximum absolute atomic E-state index is 12.7. The molecule has 4 saturated carbocycles. The Labute approximate surface area is 133 Å². The van der Waals surface area contributed by atoms with E-state index in [0.29, 0.717) is 5.91 Å². The molecule has 2 amide bonds. The molecule has 4 fully saturated rings. The highest BCUT2D eigenvalue weighted by atomic mass is 16.2. The Kier molecular flexibility index (Phi) is 4.74. The lowest BCUT2D eigenvalue weighted by Gasteiger charge is -2.55.